The second-order valence-corrected chi connectivity index (χ2v) is 5.45. The van der Waals surface area contributed by atoms with Crippen molar-refractivity contribution in [2.75, 3.05) is 31.2 Å². The summed E-state index contributed by atoms with van der Waals surface area (Å²) in [6.07, 6.45) is 0. The van der Waals surface area contributed by atoms with Gasteiger partial charge in [0.05, 0.1) is 34.3 Å². The van der Waals surface area contributed by atoms with Crippen LogP contribution in [0.2, 0.25) is 10.0 Å². The number of benzene rings is 1. The second kappa shape index (κ2) is 7.34. The Bertz CT molecular complexity index is 519. The Morgan fingerprint density at radius 3 is 2.55 bits per heavy atom. The third-order valence-electron chi connectivity index (χ3n) is 2.55. The van der Waals surface area contributed by atoms with Gasteiger partial charge >= 0.3 is 0 Å². The highest BCUT2D eigenvalue weighted by Gasteiger charge is 2.13. The van der Waals surface area contributed by atoms with Crippen molar-refractivity contribution in [3.05, 3.63) is 22.2 Å². The highest BCUT2D eigenvalue weighted by Crippen LogP contribution is 2.32. The van der Waals surface area contributed by atoms with Crippen molar-refractivity contribution in [1.82, 2.24) is 4.90 Å². The molecular formula is C13H16Cl2N4O. The molecule has 0 heterocycles. The Labute approximate surface area is 128 Å². The smallest absolute Gasteiger partial charge is 0.238 e. The Morgan fingerprint density at radius 2 is 2.05 bits per heavy atom. The van der Waals surface area contributed by atoms with Gasteiger partial charge in [-0.3, -0.25) is 9.69 Å². The normalized spacial score (nSPS) is 12.0. The summed E-state index contributed by atoms with van der Waals surface area (Å²) in [5.74, 6) is -0.400. The maximum absolute atomic E-state index is 11.9. The van der Waals surface area contributed by atoms with Crippen LogP contribution < -0.4 is 11.1 Å². The number of rotatable bonds is 5. The average Bonchev–Trinajstić information content (AvgIpc) is 2.33. The van der Waals surface area contributed by atoms with Gasteiger partial charge in [-0.05, 0) is 26.1 Å². The standard InChI is InChI=1S/C13H16Cl2N4O/c1-8(5-16)6-19(2)7-12(20)18-13-10(14)3-9(17)4-11(13)15/h3-4,8H,6-7,17H2,1-2H3,(H,18,20). The number of nitriles is 1. The zero-order chi connectivity index (χ0) is 15.3. The Morgan fingerprint density at radius 1 is 1.50 bits per heavy atom. The molecule has 1 unspecified atom stereocenters. The van der Waals surface area contributed by atoms with Crippen LogP contribution in [0.4, 0.5) is 11.4 Å². The lowest BCUT2D eigenvalue weighted by Crippen LogP contribution is -2.33. The van der Waals surface area contributed by atoms with E-state index < -0.39 is 0 Å². The summed E-state index contributed by atoms with van der Waals surface area (Å²) in [5, 5.41) is 11.9. The lowest BCUT2D eigenvalue weighted by molar-refractivity contribution is -0.117. The van der Waals surface area contributed by atoms with E-state index in [-0.39, 0.29) is 28.4 Å². The number of nitrogens with one attached hydrogen (secondary N) is 1. The topological polar surface area (TPSA) is 82.2 Å². The van der Waals surface area contributed by atoms with E-state index in [2.05, 4.69) is 11.4 Å². The van der Waals surface area contributed by atoms with Crippen LogP contribution in [0.15, 0.2) is 12.1 Å². The van der Waals surface area contributed by atoms with Crippen molar-refractivity contribution in [1.29, 1.82) is 5.26 Å². The van der Waals surface area contributed by atoms with E-state index in [1.807, 2.05) is 0 Å². The molecule has 20 heavy (non-hydrogen) atoms. The molecule has 7 heteroatoms. The van der Waals surface area contributed by atoms with Gasteiger partial charge in [-0.25, -0.2) is 0 Å². The number of carbonyl (C=O) groups excluding carboxylic acids is 1. The van der Waals surface area contributed by atoms with Crippen molar-refractivity contribution in [2.24, 2.45) is 5.92 Å². The largest absolute Gasteiger partial charge is 0.399 e. The third kappa shape index (κ3) is 4.89. The first-order valence-electron chi connectivity index (χ1n) is 5.96. The first kappa shape index (κ1) is 16.6. The SMILES string of the molecule is CC(C#N)CN(C)CC(=O)Nc1c(Cl)cc(N)cc1Cl. The van der Waals surface area contributed by atoms with E-state index in [4.69, 9.17) is 34.2 Å². The van der Waals surface area contributed by atoms with Crippen LogP contribution in [0, 0.1) is 17.2 Å². The Hall–Kier alpha value is -1.48. The van der Waals surface area contributed by atoms with Crippen LogP contribution >= 0.6 is 23.2 Å². The van der Waals surface area contributed by atoms with Crippen LogP contribution in [0.25, 0.3) is 0 Å². The van der Waals surface area contributed by atoms with Crippen molar-refractivity contribution in [3.63, 3.8) is 0 Å². The summed E-state index contributed by atoms with van der Waals surface area (Å²) < 4.78 is 0. The lowest BCUT2D eigenvalue weighted by Gasteiger charge is -2.18. The van der Waals surface area contributed by atoms with E-state index in [9.17, 15) is 4.79 Å². The molecule has 1 aromatic carbocycles. The summed E-state index contributed by atoms with van der Waals surface area (Å²) in [6.45, 7) is 2.44. The molecule has 0 aliphatic heterocycles. The maximum Gasteiger partial charge on any atom is 0.238 e. The predicted octanol–water partition coefficient (Wildman–Crippen LogP) is 2.61. The van der Waals surface area contributed by atoms with Gasteiger partial charge in [0.1, 0.15) is 0 Å². The molecule has 1 aromatic rings. The molecule has 5 nitrogen and oxygen atoms in total. The van der Waals surface area contributed by atoms with E-state index in [1.54, 1.807) is 18.9 Å². The zero-order valence-corrected chi connectivity index (χ0v) is 12.8. The fourth-order valence-electron chi connectivity index (χ4n) is 1.71. The van der Waals surface area contributed by atoms with Crippen LogP contribution in [-0.4, -0.2) is 30.9 Å². The molecule has 3 N–H and O–H groups in total. The number of hydrogen-bond acceptors (Lipinski definition) is 4. The molecule has 0 spiro atoms. The van der Waals surface area contributed by atoms with E-state index in [0.29, 0.717) is 17.9 Å². The summed E-state index contributed by atoms with van der Waals surface area (Å²) in [4.78, 5) is 13.7. The first-order chi connectivity index (χ1) is 9.33. The minimum atomic E-state index is -0.258. The number of carbonyl (C=O) groups is 1. The van der Waals surface area contributed by atoms with E-state index in [0.717, 1.165) is 0 Å². The molecule has 0 aliphatic carbocycles. The minimum Gasteiger partial charge on any atom is -0.399 e. The number of hydrogen-bond donors (Lipinski definition) is 2. The molecule has 0 saturated heterocycles. The zero-order valence-electron chi connectivity index (χ0n) is 11.3. The van der Waals surface area contributed by atoms with Gasteiger partial charge in [0.25, 0.3) is 0 Å². The second-order valence-electron chi connectivity index (χ2n) is 4.63. The van der Waals surface area contributed by atoms with Gasteiger partial charge in [0.15, 0.2) is 0 Å². The van der Waals surface area contributed by atoms with Gasteiger partial charge in [0, 0.05) is 12.2 Å². The molecule has 0 saturated carbocycles. The molecule has 0 radical (unpaired) electrons. The average molecular weight is 315 g/mol. The third-order valence-corrected chi connectivity index (χ3v) is 3.14. The number of amides is 1. The Kier molecular flexibility index (Phi) is 6.08. The highest BCUT2D eigenvalue weighted by atomic mass is 35.5. The number of anilines is 2. The fourth-order valence-corrected chi connectivity index (χ4v) is 2.31. The monoisotopic (exact) mass is 314 g/mol. The fraction of sp³-hybridized carbons (Fsp3) is 0.385. The predicted molar refractivity (Wildman–Crippen MR) is 81.8 cm³/mol. The van der Waals surface area contributed by atoms with Crippen molar-refractivity contribution in [3.8, 4) is 6.07 Å². The molecule has 1 rings (SSSR count). The molecule has 1 amide bonds. The van der Waals surface area contributed by atoms with Crippen molar-refractivity contribution in [2.45, 2.75) is 6.92 Å². The summed E-state index contributed by atoms with van der Waals surface area (Å²) in [6, 6.07) is 5.15. The molecular weight excluding hydrogens is 299 g/mol. The quantitative estimate of drug-likeness (QED) is 0.818. The number of halogens is 2. The maximum atomic E-state index is 11.9. The van der Waals surface area contributed by atoms with Gasteiger partial charge in [-0.15, -0.1) is 0 Å². The van der Waals surface area contributed by atoms with Gasteiger partial charge in [-0.1, -0.05) is 23.2 Å². The van der Waals surface area contributed by atoms with Gasteiger partial charge < -0.3 is 11.1 Å². The molecule has 1 atom stereocenters. The van der Waals surface area contributed by atoms with Gasteiger partial charge in [0.2, 0.25) is 5.91 Å². The number of likely N-dealkylation sites (N-methyl/N-ethyl adjacent to an activating group) is 1. The van der Waals surface area contributed by atoms with Gasteiger partial charge in [-0.2, -0.15) is 5.26 Å². The van der Waals surface area contributed by atoms with Crippen LogP contribution in [0.1, 0.15) is 6.92 Å². The molecule has 0 bridgehead atoms. The van der Waals surface area contributed by atoms with E-state index in [1.165, 1.54) is 12.1 Å². The van der Waals surface area contributed by atoms with Crippen molar-refractivity contribution >= 4 is 40.5 Å². The minimum absolute atomic E-state index is 0.142. The van der Waals surface area contributed by atoms with Crippen LogP contribution in [0.3, 0.4) is 0 Å². The summed E-state index contributed by atoms with van der Waals surface area (Å²) in [7, 11) is 1.76. The number of nitrogens with two attached hydrogens (primary N) is 1. The van der Waals surface area contributed by atoms with E-state index >= 15 is 0 Å². The Balaban J connectivity index is 2.66. The molecule has 108 valence electrons. The molecule has 0 aliphatic rings. The summed E-state index contributed by atoms with van der Waals surface area (Å²) >= 11 is 12.0. The first-order valence-corrected chi connectivity index (χ1v) is 6.71. The van der Waals surface area contributed by atoms with Crippen LogP contribution in [0.5, 0.6) is 0 Å². The number of nitrogen functional groups attached to an aromatic ring is 1. The summed E-state index contributed by atoms with van der Waals surface area (Å²) in [5.41, 5.74) is 6.36. The lowest BCUT2D eigenvalue weighted by atomic mass is 10.2. The molecule has 0 aromatic heterocycles. The molecule has 0 fully saturated rings. The number of nitrogens with zero attached hydrogens (tertiary/aromatic N) is 2. The highest BCUT2D eigenvalue weighted by molar-refractivity contribution is 6.40. The van der Waals surface area contributed by atoms with Crippen molar-refractivity contribution < 1.29 is 4.79 Å². The van der Waals surface area contributed by atoms with Crippen LogP contribution in [-0.2, 0) is 4.79 Å².